The van der Waals surface area contributed by atoms with Crippen LogP contribution in [0.5, 0.6) is 17.2 Å². The summed E-state index contributed by atoms with van der Waals surface area (Å²) in [6.45, 7) is 6.26. The molecule has 1 N–H and O–H groups in total. The van der Waals surface area contributed by atoms with E-state index in [4.69, 9.17) is 14.2 Å². The second-order valence-corrected chi connectivity index (χ2v) is 10.8. The molecule has 1 aliphatic heterocycles. The number of hydrogen-bond acceptors (Lipinski definition) is 5. The predicted octanol–water partition coefficient (Wildman–Crippen LogP) is 7.23. The van der Waals surface area contributed by atoms with Crippen molar-refractivity contribution < 1.29 is 24.1 Å². The van der Waals surface area contributed by atoms with Crippen molar-refractivity contribution in [1.82, 2.24) is 0 Å². The molecule has 0 fully saturated rings. The predicted molar refractivity (Wildman–Crippen MR) is 154 cm³/mol. The Kier molecular flexibility index (Phi) is 7.89. The number of aryl methyl sites for hydroxylation is 1. The summed E-state index contributed by atoms with van der Waals surface area (Å²) in [5.74, 6) is 1.67. The Hall–Kier alpha value is -3.83. The molecule has 4 aromatic carbocycles. The van der Waals surface area contributed by atoms with Gasteiger partial charge in [-0.2, -0.15) is 0 Å². The van der Waals surface area contributed by atoms with Gasteiger partial charge in [-0.05, 0) is 79.3 Å². The smallest absolute Gasteiger partial charge is 0.203 e. The molecule has 1 heterocycles. The van der Waals surface area contributed by atoms with Crippen LogP contribution in [-0.4, -0.2) is 23.1 Å². The van der Waals surface area contributed by atoms with E-state index in [1.807, 2.05) is 42.5 Å². The fraction of sp³-hybridized carbons (Fsp3) is 0.324. The Morgan fingerprint density at radius 1 is 0.974 bits per heavy atom. The summed E-state index contributed by atoms with van der Waals surface area (Å²) in [7, 11) is 0. The second-order valence-electron chi connectivity index (χ2n) is 10.8. The Morgan fingerprint density at radius 2 is 1.79 bits per heavy atom. The summed E-state index contributed by atoms with van der Waals surface area (Å²) < 4.78 is 18.6. The first-order chi connectivity index (χ1) is 18.9. The molecule has 0 bridgehead atoms. The van der Waals surface area contributed by atoms with Crippen LogP contribution in [0, 0.1) is 0 Å². The van der Waals surface area contributed by atoms with E-state index in [2.05, 4.69) is 45.0 Å². The van der Waals surface area contributed by atoms with Crippen LogP contribution in [-0.2, 0) is 26.1 Å². The monoisotopic (exact) mass is 524 g/mol. The van der Waals surface area contributed by atoms with Gasteiger partial charge in [0.2, 0.25) is 5.78 Å². The number of rotatable bonds is 10. The maximum absolute atomic E-state index is 13.5. The minimum absolute atomic E-state index is 0.162. The number of carbonyl (C=O) groups excluding carboxylic acids is 1. The van der Waals surface area contributed by atoms with E-state index in [9.17, 15) is 9.90 Å². The van der Waals surface area contributed by atoms with Gasteiger partial charge in [-0.1, -0.05) is 61.9 Å². The maximum atomic E-state index is 13.5. The van der Waals surface area contributed by atoms with Crippen LogP contribution in [0.4, 0.5) is 0 Å². The molecule has 0 radical (unpaired) electrons. The number of benzene rings is 4. The van der Waals surface area contributed by atoms with Crippen LogP contribution in [0.3, 0.4) is 0 Å². The van der Waals surface area contributed by atoms with E-state index in [1.165, 1.54) is 0 Å². The third-order valence-electron chi connectivity index (χ3n) is 7.33. The van der Waals surface area contributed by atoms with Crippen molar-refractivity contribution in [1.29, 1.82) is 0 Å². The lowest BCUT2D eigenvalue weighted by molar-refractivity contribution is 0.0813. The van der Waals surface area contributed by atoms with Crippen molar-refractivity contribution in [2.75, 3.05) is 6.61 Å². The van der Waals surface area contributed by atoms with Gasteiger partial charge in [0.1, 0.15) is 29.5 Å². The van der Waals surface area contributed by atoms with Gasteiger partial charge in [0, 0.05) is 11.1 Å². The summed E-state index contributed by atoms with van der Waals surface area (Å²) in [5, 5.41) is 12.2. The number of Topliss-reactive ketones (excluding diaryl/α,β-unsaturated/α-hetero) is 1. The lowest BCUT2D eigenvalue weighted by Gasteiger charge is -2.33. The van der Waals surface area contributed by atoms with Gasteiger partial charge in [-0.25, -0.2) is 0 Å². The molecule has 0 atom stereocenters. The van der Waals surface area contributed by atoms with Gasteiger partial charge in [0.15, 0.2) is 6.61 Å². The molecule has 5 heteroatoms. The molecular weight excluding hydrogens is 488 g/mol. The average molecular weight is 525 g/mol. The van der Waals surface area contributed by atoms with E-state index in [0.29, 0.717) is 29.2 Å². The molecule has 0 amide bonds. The number of fused-ring (bicyclic) bond motifs is 2. The molecule has 1 aliphatic rings. The van der Waals surface area contributed by atoms with Crippen molar-refractivity contribution in [3.05, 3.63) is 101 Å². The Bertz CT molecular complexity index is 1480. The van der Waals surface area contributed by atoms with Crippen molar-refractivity contribution in [3.63, 3.8) is 0 Å². The van der Waals surface area contributed by atoms with E-state index >= 15 is 0 Å². The molecule has 5 nitrogen and oxygen atoms in total. The molecule has 0 aromatic heterocycles. The van der Waals surface area contributed by atoms with Crippen molar-refractivity contribution >= 4 is 16.6 Å². The van der Waals surface area contributed by atoms with Crippen LogP contribution >= 0.6 is 0 Å². The SMILES string of the molecule is CCCc1ccc(C(=O)COc2c(CO)ccc3c2CCC(C)(C)O3)c(OCc2cccc3ccccc23)c1. The molecule has 202 valence electrons. The lowest BCUT2D eigenvalue weighted by Crippen LogP contribution is -2.33. The summed E-state index contributed by atoms with van der Waals surface area (Å²) in [4.78, 5) is 13.5. The normalized spacial score (nSPS) is 13.9. The maximum Gasteiger partial charge on any atom is 0.203 e. The van der Waals surface area contributed by atoms with Gasteiger partial charge in [0.05, 0.1) is 12.2 Å². The minimum atomic E-state index is -0.266. The summed E-state index contributed by atoms with van der Waals surface area (Å²) >= 11 is 0. The molecule has 39 heavy (non-hydrogen) atoms. The number of aliphatic hydroxyl groups excluding tert-OH is 1. The quantitative estimate of drug-likeness (QED) is 0.222. The molecule has 5 rings (SSSR count). The molecule has 4 aromatic rings. The highest BCUT2D eigenvalue weighted by atomic mass is 16.5. The largest absolute Gasteiger partial charge is 0.488 e. The van der Waals surface area contributed by atoms with Crippen molar-refractivity contribution in [2.45, 2.75) is 65.3 Å². The zero-order valence-electron chi connectivity index (χ0n) is 23.0. The molecule has 0 saturated carbocycles. The molecule has 0 unspecified atom stereocenters. The number of ketones is 1. The third-order valence-corrected chi connectivity index (χ3v) is 7.33. The fourth-order valence-corrected chi connectivity index (χ4v) is 5.22. The number of carbonyl (C=O) groups is 1. The van der Waals surface area contributed by atoms with Crippen LogP contribution < -0.4 is 14.2 Å². The summed E-state index contributed by atoms with van der Waals surface area (Å²) in [6.07, 6.45) is 3.48. The van der Waals surface area contributed by atoms with E-state index in [0.717, 1.165) is 58.9 Å². The zero-order valence-corrected chi connectivity index (χ0v) is 23.0. The van der Waals surface area contributed by atoms with Crippen LogP contribution in [0.25, 0.3) is 10.8 Å². The zero-order chi connectivity index (χ0) is 27.4. The number of ether oxygens (including phenoxy) is 3. The minimum Gasteiger partial charge on any atom is -0.488 e. The highest BCUT2D eigenvalue weighted by Gasteiger charge is 2.30. The van der Waals surface area contributed by atoms with E-state index < -0.39 is 0 Å². The standard InChI is InChI=1S/C34H36O5/c1-4-8-23-13-15-28(32(19-23)37-21-26-11-7-10-24-9-5-6-12-27(24)26)30(36)22-38-33-25(20-35)14-16-31-29(33)17-18-34(2,3)39-31/h5-7,9-16,19,35H,4,8,17-18,20-22H2,1-3H3. The molecule has 0 aliphatic carbocycles. The summed E-state index contributed by atoms with van der Waals surface area (Å²) in [5.41, 5.74) is 3.97. The number of aliphatic hydroxyl groups is 1. The Balaban J connectivity index is 1.39. The van der Waals surface area contributed by atoms with Gasteiger partial charge in [-0.15, -0.1) is 0 Å². The van der Waals surface area contributed by atoms with Gasteiger partial charge < -0.3 is 19.3 Å². The van der Waals surface area contributed by atoms with E-state index in [-0.39, 0.29) is 24.6 Å². The topological polar surface area (TPSA) is 65.0 Å². The second kappa shape index (κ2) is 11.5. The Labute approximate surface area is 230 Å². The Morgan fingerprint density at radius 3 is 2.62 bits per heavy atom. The van der Waals surface area contributed by atoms with Crippen LogP contribution in [0.2, 0.25) is 0 Å². The number of hydrogen-bond donors (Lipinski definition) is 1. The molecular formula is C34H36O5. The van der Waals surface area contributed by atoms with Gasteiger partial charge in [-0.3, -0.25) is 4.79 Å². The van der Waals surface area contributed by atoms with Crippen LogP contribution in [0.1, 0.15) is 66.2 Å². The first-order valence-electron chi connectivity index (χ1n) is 13.7. The first kappa shape index (κ1) is 26.8. The average Bonchev–Trinajstić information content (AvgIpc) is 2.94. The van der Waals surface area contributed by atoms with Crippen molar-refractivity contribution in [3.8, 4) is 17.2 Å². The lowest BCUT2D eigenvalue weighted by atomic mass is 9.92. The first-order valence-corrected chi connectivity index (χ1v) is 13.7. The summed E-state index contributed by atoms with van der Waals surface area (Å²) in [6, 6.07) is 23.9. The molecule has 0 spiro atoms. The van der Waals surface area contributed by atoms with Gasteiger partial charge in [0.25, 0.3) is 0 Å². The van der Waals surface area contributed by atoms with E-state index in [1.54, 1.807) is 6.07 Å². The third kappa shape index (κ3) is 5.94. The highest BCUT2D eigenvalue weighted by molar-refractivity contribution is 6.00. The van der Waals surface area contributed by atoms with Crippen LogP contribution in [0.15, 0.2) is 72.8 Å². The highest BCUT2D eigenvalue weighted by Crippen LogP contribution is 2.40. The fourth-order valence-electron chi connectivity index (χ4n) is 5.22. The van der Waals surface area contributed by atoms with Gasteiger partial charge >= 0.3 is 0 Å². The molecule has 0 saturated heterocycles. The van der Waals surface area contributed by atoms with Crippen molar-refractivity contribution in [2.24, 2.45) is 0 Å².